The number of amides is 2. The van der Waals surface area contributed by atoms with Crippen LogP contribution in [-0.4, -0.2) is 22.8 Å². The number of benzene rings is 1. The molecule has 0 atom stereocenters. The van der Waals surface area contributed by atoms with E-state index in [-0.39, 0.29) is 17.6 Å². The van der Waals surface area contributed by atoms with Crippen molar-refractivity contribution in [1.82, 2.24) is 10.3 Å². The monoisotopic (exact) mass is 314 g/mol. The zero-order valence-corrected chi connectivity index (χ0v) is 12.4. The molecule has 111 valence electrons. The lowest BCUT2D eigenvalue weighted by molar-refractivity contribution is 0.0949. The molecule has 3 N–H and O–H groups in total. The van der Waals surface area contributed by atoms with Crippen molar-refractivity contribution in [3.05, 3.63) is 52.7 Å². The fourth-order valence-electron chi connectivity index (χ4n) is 2.03. The van der Waals surface area contributed by atoms with E-state index >= 15 is 0 Å². The lowest BCUT2D eigenvalue weighted by Gasteiger charge is -2.08. The Morgan fingerprint density at radius 2 is 2.09 bits per heavy atom. The summed E-state index contributed by atoms with van der Waals surface area (Å²) in [6.45, 7) is 0. The molecular weight excluding hydrogens is 302 g/mol. The number of carbonyl (C=O) groups excluding carboxylic acids is 2. The lowest BCUT2D eigenvalue weighted by Crippen LogP contribution is -2.25. The maximum atomic E-state index is 12.0. The zero-order chi connectivity index (χ0) is 15.7. The molecule has 2 aromatic rings. The summed E-state index contributed by atoms with van der Waals surface area (Å²) in [4.78, 5) is 27.3. The van der Waals surface area contributed by atoms with Crippen molar-refractivity contribution in [2.24, 2.45) is 5.73 Å². The topological polar surface area (TPSA) is 85.1 Å². The van der Waals surface area contributed by atoms with Crippen LogP contribution in [-0.2, 0) is 0 Å². The predicted molar refractivity (Wildman–Crippen MR) is 82.5 cm³/mol. The quantitative estimate of drug-likeness (QED) is 0.907. The van der Waals surface area contributed by atoms with Gasteiger partial charge in [0.05, 0.1) is 10.7 Å². The summed E-state index contributed by atoms with van der Waals surface area (Å²) in [5.74, 6) is -0.790. The summed E-state index contributed by atoms with van der Waals surface area (Å²) in [5.41, 5.74) is 6.87. The smallest absolute Gasteiger partial charge is 0.267 e. The molecule has 1 aromatic carbocycles. The Hall–Kier alpha value is -2.40. The number of rotatable bonds is 4. The number of pyridine rings is 1. The molecule has 22 heavy (non-hydrogen) atoms. The molecule has 0 spiro atoms. The van der Waals surface area contributed by atoms with Gasteiger partial charge in [0.2, 0.25) is 0 Å². The molecule has 1 fully saturated rings. The third kappa shape index (κ3) is 3.09. The minimum atomic E-state index is -0.654. The number of aromatic nitrogens is 1. The van der Waals surface area contributed by atoms with Crippen molar-refractivity contribution >= 4 is 23.4 Å². The van der Waals surface area contributed by atoms with Crippen molar-refractivity contribution in [2.45, 2.75) is 18.9 Å². The standard InChI is InChI=1S/C16H13ClN3O2/c17-12-8-9(16(22)19-10-5-6-10)4-7-11(12)13-2-1-3-14(20-13)15(18)21/h1-2,4,7-8,10H,5-6H2,(H2,18,21)(H,19,22). The molecule has 0 bridgehead atoms. The van der Waals surface area contributed by atoms with Crippen LogP contribution in [0.15, 0.2) is 30.3 Å². The SMILES string of the molecule is NC(=O)c1[c]ccc(-c2ccc(C(=O)NC3CC3)cc2Cl)n1. The summed E-state index contributed by atoms with van der Waals surface area (Å²) in [5, 5.41) is 3.29. The molecular formula is C16H13ClN3O2. The van der Waals surface area contributed by atoms with Gasteiger partial charge in [-0.05, 0) is 37.1 Å². The van der Waals surface area contributed by atoms with Gasteiger partial charge in [0, 0.05) is 23.2 Å². The van der Waals surface area contributed by atoms with E-state index in [9.17, 15) is 9.59 Å². The van der Waals surface area contributed by atoms with Crippen LogP contribution in [0.4, 0.5) is 0 Å². The van der Waals surface area contributed by atoms with Crippen LogP contribution in [0.1, 0.15) is 33.7 Å². The van der Waals surface area contributed by atoms with Crippen molar-refractivity contribution < 1.29 is 9.59 Å². The zero-order valence-electron chi connectivity index (χ0n) is 11.6. The van der Waals surface area contributed by atoms with E-state index in [0.717, 1.165) is 12.8 Å². The van der Waals surface area contributed by atoms with Gasteiger partial charge in [0.15, 0.2) is 0 Å². The normalized spacial score (nSPS) is 13.7. The average Bonchev–Trinajstić information content (AvgIpc) is 3.31. The Balaban J connectivity index is 1.89. The Labute approximate surface area is 132 Å². The van der Waals surface area contributed by atoms with E-state index in [1.165, 1.54) is 0 Å². The van der Waals surface area contributed by atoms with Crippen LogP contribution in [0.5, 0.6) is 0 Å². The lowest BCUT2D eigenvalue weighted by atomic mass is 10.1. The van der Waals surface area contributed by atoms with Gasteiger partial charge >= 0.3 is 0 Å². The van der Waals surface area contributed by atoms with Gasteiger partial charge in [-0.15, -0.1) is 0 Å². The van der Waals surface area contributed by atoms with Gasteiger partial charge in [-0.2, -0.15) is 0 Å². The van der Waals surface area contributed by atoms with Gasteiger partial charge in [-0.25, -0.2) is 4.98 Å². The van der Waals surface area contributed by atoms with Gasteiger partial charge in [-0.1, -0.05) is 17.7 Å². The van der Waals surface area contributed by atoms with E-state index in [2.05, 4.69) is 16.4 Å². The summed E-state index contributed by atoms with van der Waals surface area (Å²) >= 11 is 6.25. The summed E-state index contributed by atoms with van der Waals surface area (Å²) in [6.07, 6.45) is 2.05. The molecule has 1 aliphatic carbocycles. The molecule has 1 aromatic heterocycles. The van der Waals surface area contributed by atoms with Crippen molar-refractivity contribution in [3.8, 4) is 11.3 Å². The number of primary amides is 1. The van der Waals surface area contributed by atoms with Crippen molar-refractivity contribution in [2.75, 3.05) is 0 Å². The molecule has 1 radical (unpaired) electrons. The Kier molecular flexibility index (Phi) is 3.81. The molecule has 0 unspecified atom stereocenters. The number of nitrogens with two attached hydrogens (primary N) is 1. The highest BCUT2D eigenvalue weighted by atomic mass is 35.5. The Bertz CT molecular complexity index is 757. The molecule has 2 amide bonds. The number of hydrogen-bond acceptors (Lipinski definition) is 3. The second-order valence-electron chi connectivity index (χ2n) is 5.13. The van der Waals surface area contributed by atoms with Crippen LogP contribution < -0.4 is 11.1 Å². The molecule has 5 nitrogen and oxygen atoms in total. The van der Waals surface area contributed by atoms with E-state index in [1.54, 1.807) is 30.3 Å². The summed E-state index contributed by atoms with van der Waals surface area (Å²) < 4.78 is 0. The Morgan fingerprint density at radius 1 is 1.32 bits per heavy atom. The van der Waals surface area contributed by atoms with Crippen LogP contribution >= 0.6 is 11.6 Å². The summed E-state index contributed by atoms with van der Waals surface area (Å²) in [6, 6.07) is 11.2. The second-order valence-corrected chi connectivity index (χ2v) is 5.54. The first-order chi connectivity index (χ1) is 10.5. The van der Waals surface area contributed by atoms with Crippen molar-refractivity contribution in [3.63, 3.8) is 0 Å². The minimum absolute atomic E-state index is 0.0455. The summed E-state index contributed by atoms with van der Waals surface area (Å²) in [7, 11) is 0. The second kappa shape index (κ2) is 5.77. The van der Waals surface area contributed by atoms with Gasteiger partial charge in [0.25, 0.3) is 11.8 Å². The molecule has 1 aliphatic rings. The number of nitrogens with one attached hydrogen (secondary N) is 1. The van der Waals surface area contributed by atoms with E-state index < -0.39 is 5.91 Å². The highest BCUT2D eigenvalue weighted by Gasteiger charge is 2.24. The first-order valence-electron chi connectivity index (χ1n) is 6.84. The fourth-order valence-corrected chi connectivity index (χ4v) is 2.30. The maximum Gasteiger partial charge on any atom is 0.267 e. The number of hydrogen-bond donors (Lipinski definition) is 2. The number of halogens is 1. The third-order valence-electron chi connectivity index (χ3n) is 3.35. The molecule has 0 aliphatic heterocycles. The number of carbonyl (C=O) groups is 2. The van der Waals surface area contributed by atoms with Crippen LogP contribution in [0, 0.1) is 6.07 Å². The van der Waals surface area contributed by atoms with Crippen LogP contribution in [0.2, 0.25) is 5.02 Å². The average molecular weight is 315 g/mol. The van der Waals surface area contributed by atoms with Crippen molar-refractivity contribution in [1.29, 1.82) is 0 Å². The molecule has 1 heterocycles. The molecule has 3 rings (SSSR count). The van der Waals surface area contributed by atoms with Crippen LogP contribution in [0.25, 0.3) is 11.3 Å². The maximum absolute atomic E-state index is 12.0. The first-order valence-corrected chi connectivity index (χ1v) is 7.21. The fraction of sp³-hybridized carbons (Fsp3) is 0.188. The van der Waals surface area contributed by atoms with Gasteiger partial charge in [-0.3, -0.25) is 9.59 Å². The molecule has 0 saturated heterocycles. The Morgan fingerprint density at radius 3 is 2.73 bits per heavy atom. The van der Waals surface area contributed by atoms with Gasteiger partial charge < -0.3 is 11.1 Å². The van der Waals surface area contributed by atoms with E-state index in [0.29, 0.717) is 21.8 Å². The highest BCUT2D eigenvalue weighted by Crippen LogP contribution is 2.28. The predicted octanol–water partition coefficient (Wildman–Crippen LogP) is 2.19. The first kappa shape index (κ1) is 14.5. The van der Waals surface area contributed by atoms with E-state index in [4.69, 9.17) is 17.3 Å². The largest absolute Gasteiger partial charge is 0.364 e. The highest BCUT2D eigenvalue weighted by molar-refractivity contribution is 6.33. The van der Waals surface area contributed by atoms with Crippen LogP contribution in [0.3, 0.4) is 0 Å². The number of nitrogens with zero attached hydrogens (tertiary/aromatic N) is 1. The molecule has 1 saturated carbocycles. The minimum Gasteiger partial charge on any atom is -0.364 e. The van der Waals surface area contributed by atoms with E-state index in [1.807, 2.05) is 0 Å². The third-order valence-corrected chi connectivity index (χ3v) is 3.66. The van der Waals surface area contributed by atoms with Gasteiger partial charge in [0.1, 0.15) is 5.69 Å². The molecule has 6 heteroatoms.